The summed E-state index contributed by atoms with van der Waals surface area (Å²) in [4.78, 5) is 0. The van der Waals surface area contributed by atoms with Crippen molar-refractivity contribution < 1.29 is 15.1 Å². The molecule has 1 atom stereocenters. The molecule has 0 saturated carbocycles. The molecular weight excluding hydrogens is 406 g/mol. The van der Waals surface area contributed by atoms with Gasteiger partial charge in [0.1, 0.15) is 17.4 Å². The Morgan fingerprint density at radius 3 is 2.72 bits per heavy atom. The fourth-order valence-electron chi connectivity index (χ4n) is 2.16. The first-order chi connectivity index (χ1) is 11.7. The van der Waals surface area contributed by atoms with Gasteiger partial charge in [0.05, 0.1) is 23.8 Å². The van der Waals surface area contributed by atoms with Crippen LogP contribution in [0.5, 0.6) is 0 Å². The zero-order valence-electron chi connectivity index (χ0n) is 14.8. The summed E-state index contributed by atoms with van der Waals surface area (Å²) >= 11 is 3.39. The second kappa shape index (κ2) is 8.26. The van der Waals surface area contributed by atoms with Crippen LogP contribution in [0.1, 0.15) is 23.1 Å². The second-order valence-corrected chi connectivity index (χ2v) is 13.4. The number of hydrogen-bond acceptors (Lipinski definition) is 6. The van der Waals surface area contributed by atoms with E-state index in [4.69, 9.17) is 9.94 Å². The summed E-state index contributed by atoms with van der Waals surface area (Å²) in [5.41, 5.74) is 1.58. The van der Waals surface area contributed by atoms with Crippen molar-refractivity contribution in [3.05, 3.63) is 33.8 Å². The average Bonchev–Trinajstić information content (AvgIpc) is 3.08. The molecule has 0 radical (unpaired) electrons. The van der Waals surface area contributed by atoms with E-state index in [1.807, 2.05) is 0 Å². The third kappa shape index (κ3) is 5.24. The van der Waals surface area contributed by atoms with Crippen LogP contribution >= 0.6 is 15.9 Å². The van der Waals surface area contributed by atoms with E-state index in [1.54, 1.807) is 28.7 Å². The SMILES string of the molecule is Cn1ncc(C(O)c2cc(C=NO)n(COCC[Si](C)(C)C)n2)c1Br. The molecule has 1 unspecified atom stereocenters. The van der Waals surface area contributed by atoms with Gasteiger partial charge in [0.2, 0.25) is 0 Å². The molecule has 0 aliphatic heterocycles. The van der Waals surface area contributed by atoms with Gasteiger partial charge in [-0.2, -0.15) is 10.2 Å². The molecule has 2 aromatic heterocycles. The topological polar surface area (TPSA) is 97.7 Å². The Hall–Kier alpha value is -1.49. The summed E-state index contributed by atoms with van der Waals surface area (Å²) in [5.74, 6) is 0. The first kappa shape index (κ1) is 19.8. The molecule has 0 amide bonds. The van der Waals surface area contributed by atoms with Crippen LogP contribution in [0.3, 0.4) is 0 Å². The number of rotatable bonds is 8. The molecule has 0 aliphatic carbocycles. The van der Waals surface area contributed by atoms with Crippen LogP contribution in [0.4, 0.5) is 0 Å². The van der Waals surface area contributed by atoms with Gasteiger partial charge in [0, 0.05) is 27.3 Å². The highest BCUT2D eigenvalue weighted by Gasteiger charge is 2.21. The van der Waals surface area contributed by atoms with E-state index >= 15 is 0 Å². The van der Waals surface area contributed by atoms with E-state index in [1.165, 1.54) is 6.21 Å². The first-order valence-electron chi connectivity index (χ1n) is 7.91. The molecule has 2 N–H and O–H groups in total. The van der Waals surface area contributed by atoms with Crippen molar-refractivity contribution in [3.63, 3.8) is 0 Å². The maximum atomic E-state index is 10.6. The fraction of sp³-hybridized carbons (Fsp3) is 0.533. The molecule has 138 valence electrons. The number of aryl methyl sites for hydroxylation is 1. The van der Waals surface area contributed by atoms with Gasteiger partial charge < -0.3 is 15.1 Å². The molecular formula is C15H24BrN5O3Si. The van der Waals surface area contributed by atoms with Gasteiger partial charge in [-0.1, -0.05) is 24.8 Å². The molecule has 2 rings (SSSR count). The van der Waals surface area contributed by atoms with Gasteiger partial charge in [-0.25, -0.2) is 4.68 Å². The quantitative estimate of drug-likeness (QED) is 0.221. The third-order valence-corrected chi connectivity index (χ3v) is 6.37. The van der Waals surface area contributed by atoms with Gasteiger partial charge in [0.15, 0.2) is 0 Å². The number of oxime groups is 1. The third-order valence-electron chi connectivity index (χ3n) is 3.70. The lowest BCUT2D eigenvalue weighted by atomic mass is 10.1. The van der Waals surface area contributed by atoms with Crippen LogP contribution in [0, 0.1) is 0 Å². The van der Waals surface area contributed by atoms with Gasteiger partial charge in [-0.3, -0.25) is 4.68 Å². The van der Waals surface area contributed by atoms with Crippen molar-refractivity contribution in [2.75, 3.05) is 6.61 Å². The Bertz CT molecular complexity index is 738. The predicted molar refractivity (Wildman–Crippen MR) is 101 cm³/mol. The molecule has 2 aromatic rings. The zero-order chi connectivity index (χ0) is 18.6. The largest absolute Gasteiger partial charge is 0.411 e. The molecule has 0 fully saturated rings. The van der Waals surface area contributed by atoms with Crippen LogP contribution in [0.15, 0.2) is 22.0 Å². The smallest absolute Gasteiger partial charge is 0.140 e. The van der Waals surface area contributed by atoms with E-state index < -0.39 is 14.2 Å². The maximum absolute atomic E-state index is 10.6. The lowest BCUT2D eigenvalue weighted by Gasteiger charge is -2.15. The van der Waals surface area contributed by atoms with Gasteiger partial charge in [0.25, 0.3) is 0 Å². The van der Waals surface area contributed by atoms with Gasteiger partial charge in [-0.15, -0.1) is 0 Å². The number of aliphatic hydroxyl groups excluding tert-OH is 1. The summed E-state index contributed by atoms with van der Waals surface area (Å²) in [5, 5.41) is 31.0. The summed E-state index contributed by atoms with van der Waals surface area (Å²) in [6, 6.07) is 2.71. The number of nitrogens with zero attached hydrogens (tertiary/aromatic N) is 5. The number of halogens is 1. The Morgan fingerprint density at radius 1 is 1.44 bits per heavy atom. The fourth-order valence-corrected chi connectivity index (χ4v) is 3.33. The highest BCUT2D eigenvalue weighted by molar-refractivity contribution is 9.10. The predicted octanol–water partition coefficient (Wildman–Crippen LogP) is 2.58. The molecule has 2 heterocycles. The zero-order valence-corrected chi connectivity index (χ0v) is 17.4. The number of aliphatic hydroxyl groups is 1. The Balaban J connectivity index is 2.14. The Labute approximate surface area is 156 Å². The van der Waals surface area contributed by atoms with Gasteiger partial charge in [-0.05, 0) is 28.0 Å². The molecule has 0 bridgehead atoms. The van der Waals surface area contributed by atoms with Crippen molar-refractivity contribution in [1.29, 1.82) is 0 Å². The number of ether oxygens (including phenoxy) is 1. The summed E-state index contributed by atoms with van der Waals surface area (Å²) in [6.07, 6.45) is 1.90. The minimum Gasteiger partial charge on any atom is -0.411 e. The van der Waals surface area contributed by atoms with Crippen molar-refractivity contribution in [2.45, 2.75) is 38.5 Å². The highest BCUT2D eigenvalue weighted by atomic mass is 79.9. The normalized spacial score (nSPS) is 13.7. The van der Waals surface area contributed by atoms with Crippen LogP contribution in [0.2, 0.25) is 25.7 Å². The van der Waals surface area contributed by atoms with E-state index in [-0.39, 0.29) is 6.73 Å². The number of aromatic nitrogens is 4. The van der Waals surface area contributed by atoms with Crippen LogP contribution in [-0.4, -0.2) is 50.8 Å². The lowest BCUT2D eigenvalue weighted by Crippen LogP contribution is -2.22. The molecule has 25 heavy (non-hydrogen) atoms. The standard InChI is InChI=1S/C15H24BrN5O3Si/c1-20-15(16)12(9-17-20)14(22)13-7-11(8-18-23)21(19-13)10-24-5-6-25(2,3)4/h7-9,14,22-23H,5-6,10H2,1-4H3. The molecule has 10 heteroatoms. The first-order valence-corrected chi connectivity index (χ1v) is 12.4. The minimum absolute atomic E-state index is 0.229. The highest BCUT2D eigenvalue weighted by Crippen LogP contribution is 2.27. The molecule has 0 saturated heterocycles. The second-order valence-electron chi connectivity index (χ2n) is 7.00. The Morgan fingerprint density at radius 2 is 2.16 bits per heavy atom. The molecule has 8 nitrogen and oxygen atoms in total. The molecule has 0 spiro atoms. The van der Waals surface area contributed by atoms with Crippen molar-refractivity contribution in [3.8, 4) is 0 Å². The van der Waals surface area contributed by atoms with Crippen LogP contribution in [0.25, 0.3) is 0 Å². The lowest BCUT2D eigenvalue weighted by molar-refractivity contribution is 0.0771. The Kier molecular flexibility index (Phi) is 6.55. The summed E-state index contributed by atoms with van der Waals surface area (Å²) < 4.78 is 9.55. The minimum atomic E-state index is -1.16. The van der Waals surface area contributed by atoms with Crippen LogP contribution in [-0.2, 0) is 18.5 Å². The van der Waals surface area contributed by atoms with E-state index in [9.17, 15) is 5.11 Å². The van der Waals surface area contributed by atoms with Crippen LogP contribution < -0.4 is 0 Å². The monoisotopic (exact) mass is 429 g/mol. The summed E-state index contributed by atoms with van der Waals surface area (Å²) in [7, 11) is 0.613. The van der Waals surface area contributed by atoms with Crippen molar-refractivity contribution >= 4 is 30.2 Å². The summed E-state index contributed by atoms with van der Waals surface area (Å²) in [6.45, 7) is 7.74. The van der Waals surface area contributed by atoms with Gasteiger partial charge >= 0.3 is 0 Å². The number of hydrogen-bond donors (Lipinski definition) is 2. The molecule has 0 aliphatic rings. The van der Waals surface area contributed by atoms with E-state index in [0.717, 1.165) is 6.04 Å². The molecule has 0 aromatic carbocycles. The average molecular weight is 430 g/mol. The van der Waals surface area contributed by atoms with E-state index in [2.05, 4.69) is 50.9 Å². The van der Waals surface area contributed by atoms with E-state index in [0.29, 0.717) is 28.2 Å². The maximum Gasteiger partial charge on any atom is 0.140 e. The van der Waals surface area contributed by atoms with Crippen molar-refractivity contribution in [2.24, 2.45) is 12.2 Å². The van der Waals surface area contributed by atoms with Crippen molar-refractivity contribution in [1.82, 2.24) is 19.6 Å².